The molecular weight excluding hydrogens is 270 g/mol. The van der Waals surface area contributed by atoms with Gasteiger partial charge in [0.2, 0.25) is 0 Å². The van der Waals surface area contributed by atoms with Gasteiger partial charge in [0, 0.05) is 23.0 Å². The van der Waals surface area contributed by atoms with Gasteiger partial charge in [0.15, 0.2) is 5.82 Å². The number of rotatable bonds is 2. The second-order valence-corrected chi connectivity index (χ2v) is 5.11. The van der Waals surface area contributed by atoms with Crippen LogP contribution in [0.1, 0.15) is 5.56 Å². The van der Waals surface area contributed by atoms with Crippen LogP contribution in [0.2, 0.25) is 5.02 Å². The Morgan fingerprint density at radius 1 is 1.00 bits per heavy atom. The predicted molar refractivity (Wildman–Crippen MR) is 84.3 cm³/mol. The lowest BCUT2D eigenvalue weighted by Gasteiger charge is -2.08. The molecule has 0 fully saturated rings. The van der Waals surface area contributed by atoms with Crippen molar-refractivity contribution >= 4 is 28.3 Å². The van der Waals surface area contributed by atoms with Crippen molar-refractivity contribution in [1.29, 1.82) is 0 Å². The number of benzene rings is 2. The van der Waals surface area contributed by atoms with Gasteiger partial charge in [-0.3, -0.25) is 0 Å². The monoisotopic (exact) mass is 283 g/mol. The van der Waals surface area contributed by atoms with Crippen molar-refractivity contribution in [3.05, 3.63) is 53.1 Å². The number of anilines is 1. The highest BCUT2D eigenvalue weighted by molar-refractivity contribution is 6.31. The van der Waals surface area contributed by atoms with Crippen molar-refractivity contribution in [1.82, 2.24) is 9.97 Å². The molecule has 3 nitrogen and oxygen atoms in total. The van der Waals surface area contributed by atoms with Crippen molar-refractivity contribution in [2.45, 2.75) is 6.92 Å². The third kappa shape index (κ3) is 2.32. The van der Waals surface area contributed by atoms with E-state index < -0.39 is 0 Å². The van der Waals surface area contributed by atoms with Gasteiger partial charge in [-0.15, -0.1) is 0 Å². The molecule has 3 aromatic rings. The first-order valence-electron chi connectivity index (χ1n) is 6.39. The largest absolute Gasteiger partial charge is 0.373 e. The summed E-state index contributed by atoms with van der Waals surface area (Å²) in [5.41, 5.74) is 3.10. The third-order valence-electron chi connectivity index (χ3n) is 3.20. The van der Waals surface area contributed by atoms with E-state index in [4.69, 9.17) is 11.6 Å². The van der Waals surface area contributed by atoms with Crippen LogP contribution in [0, 0.1) is 6.92 Å². The van der Waals surface area contributed by atoms with Crippen molar-refractivity contribution in [3.8, 4) is 11.4 Å². The molecule has 0 bridgehead atoms. The first-order valence-corrected chi connectivity index (χ1v) is 6.77. The van der Waals surface area contributed by atoms with Gasteiger partial charge in [-0.2, -0.15) is 0 Å². The van der Waals surface area contributed by atoms with Crippen molar-refractivity contribution < 1.29 is 0 Å². The Hall–Kier alpha value is -2.13. The van der Waals surface area contributed by atoms with E-state index in [-0.39, 0.29) is 0 Å². The number of nitrogens with one attached hydrogen (secondary N) is 1. The molecule has 0 aliphatic rings. The molecule has 1 N–H and O–H groups in total. The number of fused-ring (bicyclic) bond motifs is 1. The Balaban J connectivity index is 2.22. The van der Waals surface area contributed by atoms with Crippen LogP contribution in [-0.2, 0) is 0 Å². The van der Waals surface area contributed by atoms with Crippen LogP contribution in [0.5, 0.6) is 0 Å². The molecular formula is C16H14ClN3. The normalized spacial score (nSPS) is 10.8. The quantitative estimate of drug-likeness (QED) is 0.762. The molecule has 0 radical (unpaired) electrons. The highest BCUT2D eigenvalue weighted by Crippen LogP contribution is 2.27. The van der Waals surface area contributed by atoms with Crippen LogP contribution >= 0.6 is 11.6 Å². The van der Waals surface area contributed by atoms with E-state index in [9.17, 15) is 0 Å². The average Bonchev–Trinajstić information content (AvgIpc) is 2.47. The molecule has 0 amide bonds. The van der Waals surface area contributed by atoms with E-state index >= 15 is 0 Å². The highest BCUT2D eigenvalue weighted by atomic mass is 35.5. The number of aryl methyl sites for hydroxylation is 1. The second-order valence-electron chi connectivity index (χ2n) is 4.67. The molecule has 1 aromatic heterocycles. The van der Waals surface area contributed by atoms with Gasteiger partial charge in [-0.1, -0.05) is 41.4 Å². The number of hydrogen-bond acceptors (Lipinski definition) is 3. The van der Waals surface area contributed by atoms with E-state index in [1.54, 1.807) is 0 Å². The second kappa shape index (κ2) is 5.10. The maximum Gasteiger partial charge on any atom is 0.162 e. The zero-order chi connectivity index (χ0) is 14.1. The maximum atomic E-state index is 6.04. The van der Waals surface area contributed by atoms with E-state index in [0.717, 1.165) is 22.3 Å². The van der Waals surface area contributed by atoms with Gasteiger partial charge < -0.3 is 5.32 Å². The first-order chi connectivity index (χ1) is 9.67. The molecule has 0 aliphatic carbocycles. The van der Waals surface area contributed by atoms with Crippen LogP contribution in [-0.4, -0.2) is 17.0 Å². The summed E-state index contributed by atoms with van der Waals surface area (Å²) in [7, 11) is 1.85. The summed E-state index contributed by atoms with van der Waals surface area (Å²) >= 11 is 6.04. The number of halogens is 1. The van der Waals surface area contributed by atoms with Crippen molar-refractivity contribution in [2.24, 2.45) is 0 Å². The fourth-order valence-corrected chi connectivity index (χ4v) is 2.30. The molecule has 0 saturated carbocycles. The number of aromatic nitrogens is 2. The van der Waals surface area contributed by atoms with Crippen molar-refractivity contribution in [3.63, 3.8) is 0 Å². The highest BCUT2D eigenvalue weighted by Gasteiger charge is 2.08. The maximum absolute atomic E-state index is 6.04. The third-order valence-corrected chi connectivity index (χ3v) is 3.44. The fourth-order valence-electron chi connectivity index (χ4n) is 2.12. The molecule has 100 valence electrons. The molecule has 2 aromatic carbocycles. The zero-order valence-corrected chi connectivity index (χ0v) is 12.1. The van der Waals surface area contributed by atoms with E-state index in [0.29, 0.717) is 10.8 Å². The smallest absolute Gasteiger partial charge is 0.162 e. The molecule has 4 heteroatoms. The summed E-state index contributed by atoms with van der Waals surface area (Å²) in [6, 6.07) is 13.8. The van der Waals surface area contributed by atoms with Crippen LogP contribution in [0.25, 0.3) is 22.3 Å². The Bertz CT molecular complexity index is 767. The van der Waals surface area contributed by atoms with Gasteiger partial charge in [0.05, 0.1) is 5.52 Å². The summed E-state index contributed by atoms with van der Waals surface area (Å²) in [6.07, 6.45) is 0. The molecule has 1 heterocycles. The zero-order valence-electron chi connectivity index (χ0n) is 11.3. The van der Waals surface area contributed by atoms with E-state index in [1.807, 2.05) is 37.4 Å². The minimum absolute atomic E-state index is 0.681. The average molecular weight is 284 g/mol. The number of nitrogens with zero attached hydrogens (tertiary/aromatic N) is 2. The molecule has 0 spiro atoms. The predicted octanol–water partition coefficient (Wildman–Crippen LogP) is 4.30. The van der Waals surface area contributed by atoms with Crippen LogP contribution in [0.3, 0.4) is 0 Å². The van der Waals surface area contributed by atoms with Gasteiger partial charge in [-0.25, -0.2) is 9.97 Å². The Kier molecular flexibility index (Phi) is 3.28. The topological polar surface area (TPSA) is 37.8 Å². The van der Waals surface area contributed by atoms with Crippen molar-refractivity contribution in [2.75, 3.05) is 12.4 Å². The first kappa shape index (κ1) is 12.9. The lowest BCUT2D eigenvalue weighted by molar-refractivity contribution is 1.21. The molecule has 0 atom stereocenters. The van der Waals surface area contributed by atoms with Gasteiger partial charge in [0.25, 0.3) is 0 Å². The summed E-state index contributed by atoms with van der Waals surface area (Å²) in [5.74, 6) is 1.50. The molecule has 0 aliphatic heterocycles. The Labute approximate surface area is 122 Å². The Morgan fingerprint density at radius 2 is 1.75 bits per heavy atom. The van der Waals surface area contributed by atoms with Crippen LogP contribution in [0.15, 0.2) is 42.5 Å². The molecule has 0 saturated heterocycles. The summed E-state index contributed by atoms with van der Waals surface area (Å²) in [6.45, 7) is 2.06. The Morgan fingerprint density at radius 3 is 2.45 bits per heavy atom. The SMILES string of the molecule is CNc1nc(-c2ccc(C)cc2)nc2ccc(Cl)cc12. The lowest BCUT2D eigenvalue weighted by atomic mass is 10.1. The lowest BCUT2D eigenvalue weighted by Crippen LogP contribution is -1.98. The standard InChI is InChI=1S/C16H14ClN3/c1-10-3-5-11(6-4-10)15-19-14-8-7-12(17)9-13(14)16(18-2)20-15/h3-9H,1-2H3,(H,18,19,20). The van der Waals surface area contributed by atoms with Gasteiger partial charge in [-0.05, 0) is 25.1 Å². The fraction of sp³-hybridized carbons (Fsp3) is 0.125. The van der Waals surface area contributed by atoms with E-state index in [2.05, 4.69) is 34.3 Å². The van der Waals surface area contributed by atoms with Gasteiger partial charge >= 0.3 is 0 Å². The van der Waals surface area contributed by atoms with Gasteiger partial charge in [0.1, 0.15) is 5.82 Å². The minimum Gasteiger partial charge on any atom is -0.373 e. The molecule has 0 unspecified atom stereocenters. The van der Waals surface area contributed by atoms with Crippen LogP contribution in [0.4, 0.5) is 5.82 Å². The van der Waals surface area contributed by atoms with Crippen LogP contribution < -0.4 is 5.32 Å². The van der Waals surface area contributed by atoms with E-state index in [1.165, 1.54) is 5.56 Å². The summed E-state index contributed by atoms with van der Waals surface area (Å²) < 4.78 is 0. The molecule has 3 rings (SSSR count). The molecule has 20 heavy (non-hydrogen) atoms. The minimum atomic E-state index is 0.681. The summed E-state index contributed by atoms with van der Waals surface area (Å²) in [4.78, 5) is 9.19. The number of hydrogen-bond donors (Lipinski definition) is 1. The summed E-state index contributed by atoms with van der Waals surface area (Å²) in [5, 5.41) is 4.72.